The summed E-state index contributed by atoms with van der Waals surface area (Å²) in [6, 6.07) is 3.68. The van der Waals surface area contributed by atoms with E-state index in [1.165, 1.54) is 30.6 Å². The van der Waals surface area contributed by atoms with E-state index < -0.39 is 14.9 Å². The van der Waals surface area contributed by atoms with Gasteiger partial charge in [-0.15, -0.1) is 0 Å². The molecule has 0 atom stereocenters. The van der Waals surface area contributed by atoms with Crippen molar-refractivity contribution in [3.63, 3.8) is 0 Å². The summed E-state index contributed by atoms with van der Waals surface area (Å²) >= 11 is 0. The lowest BCUT2D eigenvalue weighted by Crippen LogP contribution is -2.35. The molecule has 0 spiro atoms. The van der Waals surface area contributed by atoms with Crippen LogP contribution in [0.4, 0.5) is 5.69 Å². The maximum Gasteiger partial charge on any atom is 0.312 e. The second-order valence-corrected chi connectivity index (χ2v) is 7.05. The zero-order valence-electron chi connectivity index (χ0n) is 12.0. The van der Waals surface area contributed by atoms with E-state index in [9.17, 15) is 18.5 Å². The van der Waals surface area contributed by atoms with Gasteiger partial charge in [-0.3, -0.25) is 10.1 Å². The zero-order chi connectivity index (χ0) is 15.6. The average molecular weight is 314 g/mol. The minimum Gasteiger partial charge on any atom is -0.490 e. The number of methoxy groups -OCH3 is 1. The number of ether oxygens (including phenoxy) is 1. The van der Waals surface area contributed by atoms with Crippen LogP contribution in [-0.2, 0) is 10.0 Å². The molecule has 0 aliphatic heterocycles. The van der Waals surface area contributed by atoms with Crippen LogP contribution >= 0.6 is 0 Å². The molecule has 0 aromatic heterocycles. The second kappa shape index (κ2) is 5.98. The fourth-order valence-electron chi connectivity index (χ4n) is 2.60. The van der Waals surface area contributed by atoms with Gasteiger partial charge in [0.05, 0.1) is 16.9 Å². The van der Waals surface area contributed by atoms with Gasteiger partial charge in [0, 0.05) is 19.2 Å². The summed E-state index contributed by atoms with van der Waals surface area (Å²) in [5, 5.41) is 11.0. The third-order valence-corrected chi connectivity index (χ3v) is 5.77. The third kappa shape index (κ3) is 3.01. The number of hydrogen-bond acceptors (Lipinski definition) is 5. The highest BCUT2D eigenvalue weighted by molar-refractivity contribution is 7.89. The van der Waals surface area contributed by atoms with E-state index in [0.717, 1.165) is 31.7 Å². The molecule has 8 heteroatoms. The van der Waals surface area contributed by atoms with Crippen molar-refractivity contribution in [1.82, 2.24) is 4.31 Å². The summed E-state index contributed by atoms with van der Waals surface area (Å²) in [6.45, 7) is 0. The molecule has 0 heterocycles. The van der Waals surface area contributed by atoms with Crippen LogP contribution in [0.5, 0.6) is 5.75 Å². The average Bonchev–Trinajstić information content (AvgIpc) is 2.99. The minimum absolute atomic E-state index is 0.0313. The monoisotopic (exact) mass is 314 g/mol. The first-order valence-electron chi connectivity index (χ1n) is 6.68. The van der Waals surface area contributed by atoms with Gasteiger partial charge in [-0.2, -0.15) is 4.31 Å². The zero-order valence-corrected chi connectivity index (χ0v) is 12.8. The van der Waals surface area contributed by atoms with Gasteiger partial charge >= 0.3 is 5.69 Å². The van der Waals surface area contributed by atoms with Crippen LogP contribution < -0.4 is 4.74 Å². The molecular formula is C13H18N2O5S. The molecule has 0 radical (unpaired) electrons. The first-order valence-corrected chi connectivity index (χ1v) is 8.12. The molecule has 1 aliphatic carbocycles. The fourth-order valence-corrected chi connectivity index (χ4v) is 4.04. The van der Waals surface area contributed by atoms with Gasteiger partial charge in [-0.1, -0.05) is 12.8 Å². The largest absolute Gasteiger partial charge is 0.490 e. The lowest BCUT2D eigenvalue weighted by Gasteiger charge is -2.23. The Bertz CT molecular complexity index is 638. The number of nitro groups is 1. The molecule has 116 valence electrons. The van der Waals surface area contributed by atoms with Crippen molar-refractivity contribution in [1.29, 1.82) is 0 Å². The van der Waals surface area contributed by atoms with Crippen molar-refractivity contribution in [2.75, 3.05) is 14.2 Å². The molecule has 0 N–H and O–H groups in total. The predicted molar refractivity (Wildman–Crippen MR) is 76.9 cm³/mol. The fraction of sp³-hybridized carbons (Fsp3) is 0.538. The SMILES string of the molecule is COc1ccc(S(=O)(=O)N(C)C2CCCC2)cc1[N+](=O)[O-]. The second-order valence-electron chi connectivity index (χ2n) is 5.05. The standard InChI is InChI=1S/C13H18N2O5S/c1-14(10-5-3-4-6-10)21(18,19)11-7-8-13(20-2)12(9-11)15(16)17/h7-10H,3-6H2,1-2H3. The number of rotatable bonds is 5. The lowest BCUT2D eigenvalue weighted by atomic mass is 10.3. The van der Waals surface area contributed by atoms with Crippen molar-refractivity contribution >= 4 is 15.7 Å². The van der Waals surface area contributed by atoms with Crippen LogP contribution in [0.3, 0.4) is 0 Å². The molecule has 0 saturated heterocycles. The van der Waals surface area contributed by atoms with Crippen molar-refractivity contribution in [2.24, 2.45) is 0 Å². The smallest absolute Gasteiger partial charge is 0.312 e. The third-order valence-electron chi connectivity index (χ3n) is 3.86. The molecule has 2 rings (SSSR count). The highest BCUT2D eigenvalue weighted by Crippen LogP contribution is 2.32. The molecule has 0 bridgehead atoms. The number of benzene rings is 1. The Balaban J connectivity index is 2.40. The number of nitrogens with zero attached hydrogens (tertiary/aromatic N) is 2. The van der Waals surface area contributed by atoms with E-state index in [2.05, 4.69) is 0 Å². The Morgan fingerprint density at radius 1 is 1.33 bits per heavy atom. The quantitative estimate of drug-likeness (QED) is 0.613. The maximum absolute atomic E-state index is 12.6. The molecule has 0 amide bonds. The lowest BCUT2D eigenvalue weighted by molar-refractivity contribution is -0.386. The van der Waals surface area contributed by atoms with Crippen LogP contribution in [0.1, 0.15) is 25.7 Å². The molecule has 1 saturated carbocycles. The van der Waals surface area contributed by atoms with Crippen LogP contribution in [-0.4, -0.2) is 37.8 Å². The Labute approximate surface area is 123 Å². The normalized spacial score (nSPS) is 16.3. The molecular weight excluding hydrogens is 296 g/mol. The first kappa shape index (κ1) is 15.7. The number of hydrogen-bond donors (Lipinski definition) is 0. The van der Waals surface area contributed by atoms with Crippen molar-refractivity contribution in [3.8, 4) is 5.75 Å². The highest BCUT2D eigenvalue weighted by Gasteiger charge is 2.31. The van der Waals surface area contributed by atoms with Gasteiger partial charge in [-0.25, -0.2) is 8.42 Å². The van der Waals surface area contributed by atoms with Gasteiger partial charge < -0.3 is 4.74 Å². The van der Waals surface area contributed by atoms with Gasteiger partial charge in [0.25, 0.3) is 0 Å². The summed E-state index contributed by atoms with van der Waals surface area (Å²) in [4.78, 5) is 10.3. The van der Waals surface area contributed by atoms with Crippen molar-refractivity contribution in [3.05, 3.63) is 28.3 Å². The summed E-state index contributed by atoms with van der Waals surface area (Å²) in [7, 11) is -0.894. The van der Waals surface area contributed by atoms with Crippen molar-refractivity contribution in [2.45, 2.75) is 36.6 Å². The van der Waals surface area contributed by atoms with E-state index in [4.69, 9.17) is 4.74 Å². The summed E-state index contributed by atoms with van der Waals surface area (Å²) < 4.78 is 31.3. The van der Waals surface area contributed by atoms with E-state index in [1.54, 1.807) is 0 Å². The predicted octanol–water partition coefficient (Wildman–Crippen LogP) is 2.17. The van der Waals surface area contributed by atoms with Crippen LogP contribution in [0.25, 0.3) is 0 Å². The molecule has 21 heavy (non-hydrogen) atoms. The summed E-state index contributed by atoms with van der Waals surface area (Å²) in [5.41, 5.74) is -0.349. The van der Waals surface area contributed by atoms with Crippen LogP contribution in [0.2, 0.25) is 0 Å². The van der Waals surface area contributed by atoms with Crippen molar-refractivity contribution < 1.29 is 18.1 Å². The van der Waals surface area contributed by atoms with E-state index >= 15 is 0 Å². The molecule has 1 aromatic carbocycles. The number of nitro benzene ring substituents is 1. The molecule has 7 nitrogen and oxygen atoms in total. The summed E-state index contributed by atoms with van der Waals surface area (Å²) in [5.74, 6) is 0.0440. The van der Waals surface area contributed by atoms with E-state index in [1.807, 2.05) is 0 Å². The Hall–Kier alpha value is -1.67. The molecule has 0 unspecified atom stereocenters. The van der Waals surface area contributed by atoms with Crippen LogP contribution in [0, 0.1) is 10.1 Å². The van der Waals surface area contributed by atoms with E-state index in [0.29, 0.717) is 0 Å². The summed E-state index contributed by atoms with van der Waals surface area (Å²) in [6.07, 6.45) is 3.67. The van der Waals surface area contributed by atoms with Crippen LogP contribution in [0.15, 0.2) is 23.1 Å². The van der Waals surface area contributed by atoms with Gasteiger partial charge in [0.15, 0.2) is 5.75 Å². The molecule has 1 aromatic rings. The van der Waals surface area contributed by atoms with Gasteiger partial charge in [0.1, 0.15) is 0 Å². The van der Waals surface area contributed by atoms with E-state index in [-0.39, 0.29) is 22.4 Å². The first-order chi connectivity index (χ1) is 9.87. The maximum atomic E-state index is 12.6. The minimum atomic E-state index is -3.73. The topological polar surface area (TPSA) is 89.8 Å². The Morgan fingerprint density at radius 2 is 1.95 bits per heavy atom. The number of sulfonamides is 1. The van der Waals surface area contributed by atoms with Gasteiger partial charge in [0.2, 0.25) is 10.0 Å². The Kier molecular flexibility index (Phi) is 4.48. The van der Waals surface area contributed by atoms with Gasteiger partial charge in [-0.05, 0) is 25.0 Å². The highest BCUT2D eigenvalue weighted by atomic mass is 32.2. The molecule has 1 aliphatic rings. The molecule has 1 fully saturated rings. The Morgan fingerprint density at radius 3 is 2.48 bits per heavy atom.